The molecule has 1 aromatic rings. The molecular weight excluding hydrogens is 510 g/mol. The maximum absolute atomic E-state index is 13.3. The molecule has 5 atom stereocenters. The summed E-state index contributed by atoms with van der Waals surface area (Å²) in [6.45, 7) is 3.96. The summed E-state index contributed by atoms with van der Waals surface area (Å²) in [4.78, 5) is 51.0. The van der Waals surface area contributed by atoms with E-state index < -0.39 is 47.9 Å². The lowest BCUT2D eigenvalue weighted by Gasteiger charge is -2.27. The van der Waals surface area contributed by atoms with Gasteiger partial charge >= 0.3 is 5.97 Å². The number of aromatic hydroxyl groups is 1. The molecule has 0 aliphatic rings. The summed E-state index contributed by atoms with van der Waals surface area (Å²) in [5.74, 6) is -2.49. The van der Waals surface area contributed by atoms with Crippen molar-refractivity contribution >= 4 is 35.5 Å². The van der Waals surface area contributed by atoms with Gasteiger partial charge in [0.1, 0.15) is 23.9 Å². The quantitative estimate of drug-likeness (QED) is 0.128. The molecule has 1 aromatic carbocycles. The fraction of sp³-hybridized carbons (Fsp3) is 0.615. The molecule has 0 bridgehead atoms. The van der Waals surface area contributed by atoms with Crippen LogP contribution in [0.3, 0.4) is 0 Å². The molecule has 12 heteroatoms. The average Bonchev–Trinajstić information content (AvgIpc) is 2.89. The van der Waals surface area contributed by atoms with Crippen molar-refractivity contribution in [3.8, 4) is 5.75 Å². The maximum atomic E-state index is 13.3. The van der Waals surface area contributed by atoms with E-state index in [-0.39, 0.29) is 18.1 Å². The van der Waals surface area contributed by atoms with Crippen LogP contribution in [0.25, 0.3) is 0 Å². The predicted octanol–water partition coefficient (Wildman–Crippen LogP) is 0.729. The molecule has 0 heterocycles. The summed E-state index contributed by atoms with van der Waals surface area (Å²) in [5.41, 5.74) is 12.2. The SMILES string of the molecule is CCC(C)C(NC(=O)C(Cc1ccc(O)cc1)NC(=O)C(CCCCN)NC(=O)C(N)CCSC)C(=O)O. The highest BCUT2D eigenvalue weighted by molar-refractivity contribution is 7.98. The lowest BCUT2D eigenvalue weighted by Crippen LogP contribution is -2.58. The van der Waals surface area contributed by atoms with E-state index in [1.54, 1.807) is 30.8 Å². The Morgan fingerprint density at radius 1 is 0.947 bits per heavy atom. The minimum Gasteiger partial charge on any atom is -0.508 e. The number of thioether (sulfide) groups is 1. The second-order valence-electron chi connectivity index (χ2n) is 9.38. The predicted molar refractivity (Wildman–Crippen MR) is 149 cm³/mol. The Balaban J connectivity index is 3.15. The van der Waals surface area contributed by atoms with E-state index in [2.05, 4.69) is 16.0 Å². The van der Waals surface area contributed by atoms with Gasteiger partial charge in [-0.3, -0.25) is 14.4 Å². The van der Waals surface area contributed by atoms with E-state index in [1.807, 2.05) is 13.2 Å². The number of unbranched alkanes of at least 4 members (excludes halogenated alkanes) is 1. The fourth-order valence-corrected chi connectivity index (χ4v) is 4.19. The highest BCUT2D eigenvalue weighted by Crippen LogP contribution is 2.14. The van der Waals surface area contributed by atoms with Crippen LogP contribution in [-0.2, 0) is 25.6 Å². The monoisotopic (exact) mass is 553 g/mol. The second-order valence-corrected chi connectivity index (χ2v) is 10.4. The number of rotatable bonds is 18. The molecule has 1 rings (SSSR count). The standard InChI is InChI=1S/C26H43N5O6S/c1-4-16(2)22(26(36)37)31-25(35)21(15-17-8-10-18(32)11-9-17)30-24(34)20(7-5-6-13-27)29-23(33)19(28)12-14-38-3/h8-11,16,19-22,32H,4-7,12-15,27-28H2,1-3H3,(H,29,33)(H,30,34)(H,31,35)(H,36,37). The van der Waals surface area contributed by atoms with Gasteiger partial charge < -0.3 is 37.6 Å². The first-order valence-corrected chi connectivity index (χ1v) is 14.3. The Morgan fingerprint density at radius 3 is 2.11 bits per heavy atom. The van der Waals surface area contributed by atoms with Crippen molar-refractivity contribution in [2.75, 3.05) is 18.6 Å². The molecule has 0 aromatic heterocycles. The Morgan fingerprint density at radius 2 is 1.55 bits per heavy atom. The van der Waals surface area contributed by atoms with E-state index in [9.17, 15) is 29.4 Å². The van der Waals surface area contributed by atoms with E-state index in [0.29, 0.717) is 50.0 Å². The lowest BCUT2D eigenvalue weighted by molar-refractivity contribution is -0.143. The number of amides is 3. The molecule has 0 fully saturated rings. The molecule has 11 nitrogen and oxygen atoms in total. The van der Waals surface area contributed by atoms with Gasteiger partial charge in [-0.25, -0.2) is 4.79 Å². The van der Waals surface area contributed by atoms with Gasteiger partial charge in [0, 0.05) is 6.42 Å². The van der Waals surface area contributed by atoms with Crippen LogP contribution in [0.1, 0.15) is 51.5 Å². The lowest BCUT2D eigenvalue weighted by atomic mass is 9.98. The normalized spacial score (nSPS) is 15.0. The zero-order valence-electron chi connectivity index (χ0n) is 22.4. The summed E-state index contributed by atoms with van der Waals surface area (Å²) in [6.07, 6.45) is 4.43. The Bertz CT molecular complexity index is 901. The minimum absolute atomic E-state index is 0.0431. The summed E-state index contributed by atoms with van der Waals surface area (Å²) in [5, 5.41) is 27.2. The number of carbonyl (C=O) groups is 4. The second kappa shape index (κ2) is 17.6. The Hall–Kier alpha value is -2.83. The van der Waals surface area contributed by atoms with Crippen molar-refractivity contribution in [3.63, 3.8) is 0 Å². The van der Waals surface area contributed by atoms with E-state index in [0.717, 1.165) is 0 Å². The van der Waals surface area contributed by atoms with Crippen molar-refractivity contribution in [3.05, 3.63) is 29.8 Å². The number of nitrogens with two attached hydrogens (primary N) is 2. The van der Waals surface area contributed by atoms with Crippen molar-refractivity contribution < 1.29 is 29.4 Å². The van der Waals surface area contributed by atoms with Crippen molar-refractivity contribution in [1.82, 2.24) is 16.0 Å². The van der Waals surface area contributed by atoms with Crippen LogP contribution in [-0.4, -0.2) is 76.6 Å². The van der Waals surface area contributed by atoms with E-state index >= 15 is 0 Å². The van der Waals surface area contributed by atoms with Gasteiger partial charge in [-0.15, -0.1) is 0 Å². The number of carboxylic acids is 1. The van der Waals surface area contributed by atoms with Crippen molar-refractivity contribution in [1.29, 1.82) is 0 Å². The largest absolute Gasteiger partial charge is 0.508 e. The number of benzene rings is 1. The van der Waals surface area contributed by atoms with Crippen LogP contribution < -0.4 is 27.4 Å². The average molecular weight is 554 g/mol. The van der Waals surface area contributed by atoms with Gasteiger partial charge in [-0.2, -0.15) is 11.8 Å². The van der Waals surface area contributed by atoms with Gasteiger partial charge in [0.2, 0.25) is 17.7 Å². The molecule has 0 radical (unpaired) electrons. The first-order chi connectivity index (χ1) is 18.0. The molecule has 214 valence electrons. The third kappa shape index (κ3) is 11.7. The highest BCUT2D eigenvalue weighted by Gasteiger charge is 2.32. The topological polar surface area (TPSA) is 197 Å². The van der Waals surface area contributed by atoms with Gasteiger partial charge in [0.25, 0.3) is 0 Å². The van der Waals surface area contributed by atoms with E-state index in [4.69, 9.17) is 11.5 Å². The van der Waals surface area contributed by atoms with Crippen molar-refractivity contribution in [2.45, 2.75) is 76.5 Å². The molecule has 0 spiro atoms. The van der Waals surface area contributed by atoms with Gasteiger partial charge in [-0.1, -0.05) is 32.4 Å². The molecule has 3 amide bonds. The number of hydrogen-bond donors (Lipinski definition) is 7. The molecular formula is C26H43N5O6S. The van der Waals surface area contributed by atoms with Gasteiger partial charge in [-0.05, 0) is 67.9 Å². The minimum atomic E-state index is -1.17. The molecule has 9 N–H and O–H groups in total. The molecule has 5 unspecified atom stereocenters. The summed E-state index contributed by atoms with van der Waals surface area (Å²) >= 11 is 1.56. The zero-order valence-corrected chi connectivity index (χ0v) is 23.3. The zero-order chi connectivity index (χ0) is 28.7. The van der Waals surface area contributed by atoms with Gasteiger partial charge in [0.15, 0.2) is 0 Å². The van der Waals surface area contributed by atoms with Gasteiger partial charge in [0.05, 0.1) is 6.04 Å². The number of carbonyl (C=O) groups excluding carboxylic acids is 3. The molecule has 0 aliphatic heterocycles. The Kier molecular flexibility index (Phi) is 15.4. The van der Waals surface area contributed by atoms with Crippen LogP contribution in [0.15, 0.2) is 24.3 Å². The molecule has 0 saturated carbocycles. The summed E-state index contributed by atoms with van der Waals surface area (Å²) in [7, 11) is 0. The summed E-state index contributed by atoms with van der Waals surface area (Å²) < 4.78 is 0. The highest BCUT2D eigenvalue weighted by atomic mass is 32.2. The maximum Gasteiger partial charge on any atom is 0.326 e. The smallest absolute Gasteiger partial charge is 0.326 e. The fourth-order valence-electron chi connectivity index (χ4n) is 3.70. The van der Waals surface area contributed by atoms with E-state index in [1.165, 1.54) is 12.1 Å². The summed E-state index contributed by atoms with van der Waals surface area (Å²) in [6, 6.07) is 2.13. The number of aliphatic carboxylic acids is 1. The van der Waals surface area contributed by atoms with Crippen LogP contribution in [0.5, 0.6) is 5.75 Å². The first kappa shape index (κ1) is 33.2. The molecule has 0 aliphatic carbocycles. The third-order valence-corrected chi connectivity index (χ3v) is 6.98. The first-order valence-electron chi connectivity index (χ1n) is 12.9. The Labute approximate surface area is 228 Å². The molecule has 38 heavy (non-hydrogen) atoms. The number of phenols is 1. The number of hydrogen-bond acceptors (Lipinski definition) is 8. The third-order valence-electron chi connectivity index (χ3n) is 6.34. The van der Waals surface area contributed by atoms with Crippen molar-refractivity contribution in [2.24, 2.45) is 17.4 Å². The van der Waals surface area contributed by atoms with Crippen LogP contribution >= 0.6 is 11.8 Å². The number of nitrogens with one attached hydrogen (secondary N) is 3. The number of carboxylic acid groups (broad SMARTS) is 1. The number of phenolic OH excluding ortho intramolecular Hbond substituents is 1. The van der Waals surface area contributed by atoms with Crippen LogP contribution in [0.4, 0.5) is 0 Å². The molecule has 0 saturated heterocycles. The van der Waals surface area contributed by atoms with Crippen LogP contribution in [0.2, 0.25) is 0 Å². The van der Waals surface area contributed by atoms with Crippen LogP contribution in [0, 0.1) is 5.92 Å².